The average molecular weight is 499 g/mol. The molecule has 0 radical (unpaired) electrons. The predicted octanol–water partition coefficient (Wildman–Crippen LogP) is 3.33. The molecular weight excluding hydrogens is 468 g/mol. The fourth-order valence-corrected chi connectivity index (χ4v) is 3.22. The highest BCUT2D eigenvalue weighted by atomic mass is 16.5. The van der Waals surface area contributed by atoms with Gasteiger partial charge in [0, 0.05) is 37.9 Å². The second-order valence-corrected chi connectivity index (χ2v) is 7.77. The first kappa shape index (κ1) is 27.1. The molecule has 190 valence electrons. The zero-order valence-electron chi connectivity index (χ0n) is 20.7. The number of carbonyl (C=O) groups is 2. The van der Waals surface area contributed by atoms with Crippen LogP contribution in [0, 0.1) is 0 Å². The monoisotopic (exact) mass is 498 g/mol. The summed E-state index contributed by atoms with van der Waals surface area (Å²) in [5.41, 5.74) is 3.48. The molecule has 4 aromatic heterocycles. The molecule has 0 bridgehead atoms. The summed E-state index contributed by atoms with van der Waals surface area (Å²) in [7, 11) is 0. The lowest BCUT2D eigenvalue weighted by Crippen LogP contribution is -2.37. The number of hydrogen-bond donors (Lipinski definition) is 1. The Morgan fingerprint density at radius 3 is 1.43 bits per heavy atom. The molecule has 0 spiro atoms. The quantitative estimate of drug-likeness (QED) is 0.276. The molecule has 0 saturated carbocycles. The Bertz CT molecular complexity index is 1110. The molecule has 0 aliphatic carbocycles. The van der Waals surface area contributed by atoms with Gasteiger partial charge in [-0.2, -0.15) is 0 Å². The average Bonchev–Trinajstić information content (AvgIpc) is 2.95. The third-order valence-corrected chi connectivity index (χ3v) is 4.96. The predicted molar refractivity (Wildman–Crippen MR) is 138 cm³/mol. The SMILES string of the molecule is CCOC(=O)C(=O)N(Cc1ccccn1)Cc1ccccn1.c1ccc(CNCc2ccccn2)nc1. The van der Waals surface area contributed by atoms with Crippen LogP contribution in [-0.4, -0.2) is 43.3 Å². The number of pyridine rings is 4. The van der Waals surface area contributed by atoms with Crippen molar-refractivity contribution in [1.29, 1.82) is 0 Å². The van der Waals surface area contributed by atoms with E-state index in [1.807, 2.05) is 48.5 Å². The molecule has 0 saturated heterocycles. The van der Waals surface area contributed by atoms with E-state index in [0.717, 1.165) is 24.5 Å². The first-order valence-corrected chi connectivity index (χ1v) is 11.9. The van der Waals surface area contributed by atoms with Gasteiger partial charge >= 0.3 is 11.9 Å². The van der Waals surface area contributed by atoms with Crippen molar-refractivity contribution in [2.75, 3.05) is 6.61 Å². The van der Waals surface area contributed by atoms with E-state index in [0.29, 0.717) is 11.4 Å². The molecule has 1 N–H and O–H groups in total. The number of aromatic nitrogens is 4. The van der Waals surface area contributed by atoms with Crippen molar-refractivity contribution in [2.45, 2.75) is 33.1 Å². The summed E-state index contributed by atoms with van der Waals surface area (Å²) in [5.74, 6) is -1.56. The van der Waals surface area contributed by atoms with Crippen LogP contribution in [0.2, 0.25) is 0 Å². The van der Waals surface area contributed by atoms with Crippen LogP contribution in [0.3, 0.4) is 0 Å². The molecule has 37 heavy (non-hydrogen) atoms. The van der Waals surface area contributed by atoms with Crippen molar-refractivity contribution in [3.05, 3.63) is 120 Å². The highest BCUT2D eigenvalue weighted by Crippen LogP contribution is 2.08. The zero-order chi connectivity index (χ0) is 26.1. The van der Waals surface area contributed by atoms with Crippen LogP contribution in [0.5, 0.6) is 0 Å². The lowest BCUT2D eigenvalue weighted by Gasteiger charge is -2.20. The standard InChI is InChI=1S/C16H17N3O3.C12H13N3/c1-2-22-16(21)15(20)19(11-13-7-3-5-9-17-13)12-14-8-4-6-10-18-14;1-3-7-14-11(5-1)9-13-10-12-6-2-4-8-15-12/h3-10H,2,11-12H2,1H3;1-8,13H,9-10H2. The van der Waals surface area contributed by atoms with Crippen LogP contribution in [0.1, 0.15) is 29.7 Å². The Hall–Kier alpha value is -4.50. The first-order chi connectivity index (χ1) is 18.2. The molecule has 0 atom stereocenters. The number of nitrogens with one attached hydrogen (secondary N) is 1. The number of hydrogen-bond acceptors (Lipinski definition) is 8. The minimum Gasteiger partial charge on any atom is -0.459 e. The van der Waals surface area contributed by atoms with Crippen LogP contribution < -0.4 is 5.32 Å². The third-order valence-electron chi connectivity index (χ3n) is 4.96. The highest BCUT2D eigenvalue weighted by Gasteiger charge is 2.24. The Labute approximate surface area is 216 Å². The highest BCUT2D eigenvalue weighted by molar-refractivity contribution is 6.32. The minimum atomic E-state index is -0.866. The molecule has 0 aliphatic rings. The lowest BCUT2D eigenvalue weighted by molar-refractivity contribution is -0.160. The van der Waals surface area contributed by atoms with Gasteiger partial charge in [0.05, 0.1) is 42.5 Å². The van der Waals surface area contributed by atoms with Crippen LogP contribution in [0.4, 0.5) is 0 Å². The fourth-order valence-electron chi connectivity index (χ4n) is 3.22. The van der Waals surface area contributed by atoms with Crippen molar-refractivity contribution in [3.8, 4) is 0 Å². The number of ether oxygens (including phenoxy) is 1. The largest absolute Gasteiger partial charge is 0.459 e. The van der Waals surface area contributed by atoms with Crippen molar-refractivity contribution < 1.29 is 14.3 Å². The summed E-state index contributed by atoms with van der Waals surface area (Å²) in [4.78, 5) is 42.1. The normalized spacial score (nSPS) is 10.1. The summed E-state index contributed by atoms with van der Waals surface area (Å²) in [6.45, 7) is 3.80. The number of nitrogens with zero attached hydrogens (tertiary/aromatic N) is 5. The second-order valence-electron chi connectivity index (χ2n) is 7.77. The van der Waals surface area contributed by atoms with Crippen molar-refractivity contribution in [1.82, 2.24) is 30.2 Å². The maximum Gasteiger partial charge on any atom is 0.397 e. The van der Waals surface area contributed by atoms with E-state index in [1.54, 1.807) is 56.0 Å². The van der Waals surface area contributed by atoms with Gasteiger partial charge in [-0.3, -0.25) is 24.7 Å². The van der Waals surface area contributed by atoms with Gasteiger partial charge in [-0.15, -0.1) is 0 Å². The Balaban J connectivity index is 0.000000220. The number of amides is 1. The van der Waals surface area contributed by atoms with Gasteiger partial charge in [0.2, 0.25) is 0 Å². The summed E-state index contributed by atoms with van der Waals surface area (Å²) < 4.78 is 4.79. The smallest absolute Gasteiger partial charge is 0.397 e. The van der Waals surface area contributed by atoms with Gasteiger partial charge in [0.25, 0.3) is 0 Å². The van der Waals surface area contributed by atoms with Gasteiger partial charge in [-0.1, -0.05) is 24.3 Å². The van der Waals surface area contributed by atoms with E-state index in [1.165, 1.54) is 4.90 Å². The molecule has 1 amide bonds. The molecule has 4 aromatic rings. The van der Waals surface area contributed by atoms with Crippen molar-refractivity contribution in [3.63, 3.8) is 0 Å². The third kappa shape index (κ3) is 9.95. The molecule has 9 heteroatoms. The summed E-state index contributed by atoms with van der Waals surface area (Å²) >= 11 is 0. The molecular formula is C28H30N6O3. The minimum absolute atomic E-state index is 0.158. The summed E-state index contributed by atoms with van der Waals surface area (Å²) in [5, 5.41) is 3.29. The van der Waals surface area contributed by atoms with Gasteiger partial charge in [0.15, 0.2) is 0 Å². The lowest BCUT2D eigenvalue weighted by atomic mass is 10.3. The second kappa shape index (κ2) is 15.5. The molecule has 4 heterocycles. The summed E-state index contributed by atoms with van der Waals surface area (Å²) in [6.07, 6.45) is 6.89. The van der Waals surface area contributed by atoms with Crippen molar-refractivity contribution in [2.24, 2.45) is 0 Å². The topological polar surface area (TPSA) is 110 Å². The Morgan fingerprint density at radius 1 is 0.676 bits per heavy atom. The number of carbonyl (C=O) groups excluding carboxylic acids is 2. The van der Waals surface area contributed by atoms with Crippen molar-refractivity contribution >= 4 is 11.9 Å². The van der Waals surface area contributed by atoms with Gasteiger partial charge < -0.3 is 15.0 Å². The maximum absolute atomic E-state index is 12.2. The van der Waals surface area contributed by atoms with E-state index >= 15 is 0 Å². The van der Waals surface area contributed by atoms with Crippen LogP contribution in [0.25, 0.3) is 0 Å². The first-order valence-electron chi connectivity index (χ1n) is 11.9. The fraction of sp³-hybridized carbons (Fsp3) is 0.214. The van der Waals surface area contributed by atoms with Crippen LogP contribution in [0.15, 0.2) is 97.6 Å². The van der Waals surface area contributed by atoms with E-state index in [9.17, 15) is 9.59 Å². The van der Waals surface area contributed by atoms with E-state index in [2.05, 4.69) is 25.3 Å². The number of esters is 1. The van der Waals surface area contributed by atoms with Gasteiger partial charge in [-0.05, 0) is 55.5 Å². The molecule has 0 fully saturated rings. The summed E-state index contributed by atoms with van der Waals surface area (Å²) in [6, 6.07) is 22.7. The van der Waals surface area contributed by atoms with Gasteiger partial charge in [-0.25, -0.2) is 4.79 Å². The zero-order valence-corrected chi connectivity index (χ0v) is 20.7. The number of rotatable bonds is 9. The van der Waals surface area contributed by atoms with Crippen LogP contribution in [-0.2, 0) is 40.5 Å². The van der Waals surface area contributed by atoms with E-state index < -0.39 is 11.9 Å². The molecule has 4 rings (SSSR count). The molecule has 0 aromatic carbocycles. The maximum atomic E-state index is 12.2. The molecule has 0 unspecified atom stereocenters. The van der Waals surface area contributed by atoms with Gasteiger partial charge in [0.1, 0.15) is 0 Å². The Morgan fingerprint density at radius 2 is 1.08 bits per heavy atom. The Kier molecular flexibility index (Phi) is 11.3. The molecule has 0 aliphatic heterocycles. The van der Waals surface area contributed by atoms with E-state index in [-0.39, 0.29) is 19.7 Å². The molecule has 9 nitrogen and oxygen atoms in total. The van der Waals surface area contributed by atoms with Crippen LogP contribution >= 0.6 is 0 Å². The van der Waals surface area contributed by atoms with E-state index in [4.69, 9.17) is 4.74 Å².